The quantitative estimate of drug-likeness (QED) is 0.724. The lowest BCUT2D eigenvalue weighted by Gasteiger charge is -2.11. The summed E-state index contributed by atoms with van der Waals surface area (Å²) in [6.07, 6.45) is 1.83. The lowest BCUT2D eigenvalue weighted by Crippen LogP contribution is -2.18. The fourth-order valence-electron chi connectivity index (χ4n) is 1.31. The van der Waals surface area contributed by atoms with E-state index in [1.807, 2.05) is 6.20 Å². The monoisotopic (exact) mass is 226 g/mol. The molecule has 0 aliphatic carbocycles. The Morgan fingerprint density at radius 1 is 1.44 bits per heavy atom. The predicted octanol–water partition coefficient (Wildman–Crippen LogP) is 2.17. The molecule has 0 radical (unpaired) electrons. The largest absolute Gasteiger partial charge is 0.444 e. The van der Waals surface area contributed by atoms with Gasteiger partial charge in [-0.3, -0.25) is 0 Å². The molecule has 0 amide bonds. The normalized spacial score (nSPS) is 13.3. The number of nitrogens with zero attached hydrogens (tertiary/aromatic N) is 1. The molecule has 0 saturated carbocycles. The summed E-state index contributed by atoms with van der Waals surface area (Å²) in [6, 6.07) is 0. The van der Waals surface area contributed by atoms with Crippen molar-refractivity contribution in [2.45, 2.75) is 33.2 Å². The van der Waals surface area contributed by atoms with Gasteiger partial charge in [0.25, 0.3) is 0 Å². The van der Waals surface area contributed by atoms with Crippen LogP contribution in [-0.4, -0.2) is 25.2 Å². The van der Waals surface area contributed by atoms with E-state index in [1.54, 1.807) is 7.11 Å². The van der Waals surface area contributed by atoms with Crippen molar-refractivity contribution in [2.24, 2.45) is 5.92 Å². The molecular weight excluding hydrogens is 204 g/mol. The maximum Gasteiger partial charge on any atom is 0.208 e. The first-order valence-electron chi connectivity index (χ1n) is 5.79. The third-order valence-electron chi connectivity index (χ3n) is 2.78. The molecule has 0 saturated heterocycles. The Bertz CT molecular complexity index is 297. The molecule has 1 unspecified atom stereocenters. The van der Waals surface area contributed by atoms with E-state index in [0.29, 0.717) is 25.0 Å². The van der Waals surface area contributed by atoms with Crippen molar-refractivity contribution in [3.63, 3.8) is 0 Å². The standard InChI is InChI=1S/C12H22N2O2/c1-9(2)10(3)11-7-14-12(16-11)8-13-5-6-15-4/h7,9-10,13H,5-6,8H2,1-4H3. The number of rotatable bonds is 7. The molecule has 0 aliphatic heterocycles. The average molecular weight is 226 g/mol. The van der Waals surface area contributed by atoms with Crippen molar-refractivity contribution in [1.82, 2.24) is 10.3 Å². The molecule has 1 aromatic heterocycles. The highest BCUT2D eigenvalue weighted by molar-refractivity contribution is 5.01. The van der Waals surface area contributed by atoms with E-state index in [2.05, 4.69) is 31.1 Å². The van der Waals surface area contributed by atoms with Crippen LogP contribution in [0.3, 0.4) is 0 Å². The van der Waals surface area contributed by atoms with Crippen LogP contribution in [0.1, 0.15) is 38.3 Å². The Morgan fingerprint density at radius 2 is 2.19 bits per heavy atom. The second kappa shape index (κ2) is 6.66. The molecule has 1 aromatic rings. The van der Waals surface area contributed by atoms with Crippen LogP contribution in [0.25, 0.3) is 0 Å². The number of methoxy groups -OCH3 is 1. The van der Waals surface area contributed by atoms with Gasteiger partial charge in [0, 0.05) is 19.6 Å². The summed E-state index contributed by atoms with van der Waals surface area (Å²) in [5.41, 5.74) is 0. The van der Waals surface area contributed by atoms with Gasteiger partial charge in [-0.15, -0.1) is 0 Å². The number of nitrogens with one attached hydrogen (secondary N) is 1. The molecular formula is C12H22N2O2. The molecule has 16 heavy (non-hydrogen) atoms. The molecule has 1 rings (SSSR count). The summed E-state index contributed by atoms with van der Waals surface area (Å²) < 4.78 is 10.6. The summed E-state index contributed by atoms with van der Waals surface area (Å²) in [5.74, 6) is 2.71. The van der Waals surface area contributed by atoms with Crippen LogP contribution in [0.15, 0.2) is 10.6 Å². The first-order chi connectivity index (χ1) is 7.65. The van der Waals surface area contributed by atoms with Crippen molar-refractivity contribution >= 4 is 0 Å². The maximum absolute atomic E-state index is 5.67. The molecule has 92 valence electrons. The first-order valence-corrected chi connectivity index (χ1v) is 5.79. The molecule has 1 atom stereocenters. The van der Waals surface area contributed by atoms with E-state index in [1.165, 1.54) is 0 Å². The SMILES string of the molecule is COCCNCc1ncc(C(C)C(C)C)o1. The Kier molecular flexibility index (Phi) is 5.49. The molecule has 0 spiro atoms. The van der Waals surface area contributed by atoms with E-state index in [4.69, 9.17) is 9.15 Å². The van der Waals surface area contributed by atoms with Crippen LogP contribution < -0.4 is 5.32 Å². The Morgan fingerprint density at radius 3 is 2.81 bits per heavy atom. The molecule has 0 fully saturated rings. The highest BCUT2D eigenvalue weighted by Crippen LogP contribution is 2.23. The van der Waals surface area contributed by atoms with E-state index < -0.39 is 0 Å². The number of aromatic nitrogens is 1. The minimum absolute atomic E-state index is 0.417. The van der Waals surface area contributed by atoms with E-state index >= 15 is 0 Å². The van der Waals surface area contributed by atoms with Gasteiger partial charge >= 0.3 is 0 Å². The predicted molar refractivity (Wildman–Crippen MR) is 63.3 cm³/mol. The average Bonchev–Trinajstić information content (AvgIpc) is 2.72. The van der Waals surface area contributed by atoms with Gasteiger partial charge in [0.15, 0.2) is 0 Å². The van der Waals surface area contributed by atoms with Gasteiger partial charge in [-0.1, -0.05) is 20.8 Å². The summed E-state index contributed by atoms with van der Waals surface area (Å²) in [5, 5.41) is 3.20. The number of hydrogen-bond acceptors (Lipinski definition) is 4. The summed E-state index contributed by atoms with van der Waals surface area (Å²) in [4.78, 5) is 4.25. The van der Waals surface area contributed by atoms with Crippen molar-refractivity contribution < 1.29 is 9.15 Å². The topological polar surface area (TPSA) is 47.3 Å². The van der Waals surface area contributed by atoms with Crippen molar-refractivity contribution in [1.29, 1.82) is 0 Å². The van der Waals surface area contributed by atoms with Gasteiger partial charge in [-0.25, -0.2) is 4.98 Å². The Labute approximate surface area is 97.4 Å². The van der Waals surface area contributed by atoms with Gasteiger partial charge in [0.2, 0.25) is 5.89 Å². The van der Waals surface area contributed by atoms with Crippen LogP contribution in [-0.2, 0) is 11.3 Å². The molecule has 1 heterocycles. The zero-order chi connectivity index (χ0) is 12.0. The summed E-state index contributed by atoms with van der Waals surface area (Å²) in [7, 11) is 1.69. The first kappa shape index (κ1) is 13.2. The van der Waals surface area contributed by atoms with Crippen LogP contribution >= 0.6 is 0 Å². The second-order valence-electron chi connectivity index (χ2n) is 4.36. The summed E-state index contributed by atoms with van der Waals surface area (Å²) >= 11 is 0. The lowest BCUT2D eigenvalue weighted by atomic mass is 9.96. The summed E-state index contributed by atoms with van der Waals surface area (Å²) in [6.45, 7) is 8.71. The molecule has 4 heteroatoms. The zero-order valence-corrected chi connectivity index (χ0v) is 10.6. The maximum atomic E-state index is 5.67. The molecule has 0 aliphatic rings. The minimum Gasteiger partial charge on any atom is -0.444 e. The van der Waals surface area contributed by atoms with Crippen LogP contribution in [0.5, 0.6) is 0 Å². The highest BCUT2D eigenvalue weighted by Gasteiger charge is 2.14. The fourth-order valence-corrected chi connectivity index (χ4v) is 1.31. The van der Waals surface area contributed by atoms with E-state index in [-0.39, 0.29) is 0 Å². The highest BCUT2D eigenvalue weighted by atomic mass is 16.5. The number of hydrogen-bond donors (Lipinski definition) is 1. The molecule has 1 N–H and O–H groups in total. The Hall–Kier alpha value is -0.870. The molecule has 0 bridgehead atoms. The van der Waals surface area contributed by atoms with Gasteiger partial charge in [0.1, 0.15) is 5.76 Å². The zero-order valence-electron chi connectivity index (χ0n) is 10.6. The van der Waals surface area contributed by atoms with E-state index in [0.717, 1.165) is 18.2 Å². The van der Waals surface area contributed by atoms with Crippen molar-refractivity contribution in [3.05, 3.63) is 17.8 Å². The molecule has 4 nitrogen and oxygen atoms in total. The molecule has 0 aromatic carbocycles. The lowest BCUT2D eigenvalue weighted by molar-refractivity contribution is 0.198. The smallest absolute Gasteiger partial charge is 0.208 e. The third-order valence-corrected chi connectivity index (χ3v) is 2.78. The number of oxazole rings is 1. The third kappa shape index (κ3) is 3.94. The fraction of sp³-hybridized carbons (Fsp3) is 0.750. The van der Waals surface area contributed by atoms with Crippen molar-refractivity contribution in [3.8, 4) is 0 Å². The van der Waals surface area contributed by atoms with Gasteiger partial charge in [-0.05, 0) is 5.92 Å². The minimum atomic E-state index is 0.417. The van der Waals surface area contributed by atoms with E-state index in [9.17, 15) is 0 Å². The van der Waals surface area contributed by atoms with Gasteiger partial charge in [-0.2, -0.15) is 0 Å². The van der Waals surface area contributed by atoms with Crippen LogP contribution in [0.2, 0.25) is 0 Å². The second-order valence-corrected chi connectivity index (χ2v) is 4.36. The van der Waals surface area contributed by atoms with Crippen molar-refractivity contribution in [2.75, 3.05) is 20.3 Å². The van der Waals surface area contributed by atoms with Crippen LogP contribution in [0, 0.1) is 5.92 Å². The van der Waals surface area contributed by atoms with Gasteiger partial charge < -0.3 is 14.5 Å². The van der Waals surface area contributed by atoms with Gasteiger partial charge in [0.05, 0.1) is 19.3 Å². The number of ether oxygens (including phenoxy) is 1. The van der Waals surface area contributed by atoms with Crippen LogP contribution in [0.4, 0.5) is 0 Å². The Balaban J connectivity index is 2.39.